The summed E-state index contributed by atoms with van der Waals surface area (Å²) in [6, 6.07) is 5.93. The summed E-state index contributed by atoms with van der Waals surface area (Å²) in [5.74, 6) is -1.23. The first kappa shape index (κ1) is 9.67. The molecule has 0 aliphatic carbocycles. The Balaban J connectivity index is 2.42. The Bertz CT molecular complexity index is 441. The molecule has 2 rings (SSSR count). The second kappa shape index (κ2) is 3.36. The Morgan fingerprint density at radius 3 is 2.87 bits per heavy atom. The van der Waals surface area contributed by atoms with E-state index < -0.39 is 5.79 Å². The lowest BCUT2D eigenvalue weighted by atomic mass is 10.1. The third kappa shape index (κ3) is 1.82. The number of rotatable bonds is 1. The summed E-state index contributed by atoms with van der Waals surface area (Å²) < 4.78 is 13.0. The van der Waals surface area contributed by atoms with E-state index in [9.17, 15) is 4.39 Å². The normalized spacial score (nSPS) is 24.5. The smallest absolute Gasteiger partial charge is 0.211 e. The zero-order valence-corrected chi connectivity index (χ0v) is 7.94. The van der Waals surface area contributed by atoms with Gasteiger partial charge in [-0.15, -0.1) is 0 Å². The molecule has 0 aromatic heterocycles. The zero-order valence-electron chi connectivity index (χ0n) is 7.94. The van der Waals surface area contributed by atoms with Crippen LogP contribution in [-0.4, -0.2) is 5.84 Å². The van der Waals surface area contributed by atoms with Crippen LogP contribution < -0.4 is 16.8 Å². The Hall–Kier alpha value is -1.88. The number of aliphatic imine (C=N–C) groups is 1. The molecule has 1 unspecified atom stereocenters. The summed E-state index contributed by atoms with van der Waals surface area (Å²) in [7, 11) is 0. The van der Waals surface area contributed by atoms with Crippen molar-refractivity contribution in [1.82, 2.24) is 5.32 Å². The Morgan fingerprint density at radius 2 is 2.20 bits per heavy atom. The fraction of sp³-hybridized carbons (Fsp3) is 0.100. The maximum Gasteiger partial charge on any atom is 0.211 e. The second-order valence-corrected chi connectivity index (χ2v) is 3.29. The van der Waals surface area contributed by atoms with Crippen LogP contribution in [0.4, 0.5) is 4.39 Å². The first-order valence-corrected chi connectivity index (χ1v) is 4.45. The van der Waals surface area contributed by atoms with Crippen molar-refractivity contribution in [3.05, 3.63) is 47.9 Å². The molecule has 0 bridgehead atoms. The molecule has 78 valence electrons. The molecule has 0 radical (unpaired) electrons. The van der Waals surface area contributed by atoms with Gasteiger partial charge < -0.3 is 11.1 Å². The number of nitrogens with two attached hydrogens (primary N) is 2. The van der Waals surface area contributed by atoms with Gasteiger partial charge in [-0.3, -0.25) is 5.73 Å². The van der Waals surface area contributed by atoms with E-state index in [1.807, 2.05) is 0 Å². The molecule has 4 nitrogen and oxygen atoms in total. The lowest BCUT2D eigenvalue weighted by Gasteiger charge is -2.28. The van der Waals surface area contributed by atoms with Crippen molar-refractivity contribution in [3.8, 4) is 0 Å². The predicted octanol–water partition coefficient (Wildman–Crippen LogP) is 0.369. The van der Waals surface area contributed by atoms with Crippen molar-refractivity contribution in [2.24, 2.45) is 16.5 Å². The molecule has 0 saturated heterocycles. The number of benzene rings is 1. The number of amidine groups is 1. The molecule has 0 spiro atoms. The van der Waals surface area contributed by atoms with E-state index in [1.165, 1.54) is 12.1 Å². The first-order valence-electron chi connectivity index (χ1n) is 4.45. The summed E-state index contributed by atoms with van der Waals surface area (Å²) in [4.78, 5) is 4.03. The summed E-state index contributed by atoms with van der Waals surface area (Å²) >= 11 is 0. The van der Waals surface area contributed by atoms with E-state index >= 15 is 0 Å². The van der Waals surface area contributed by atoms with Crippen molar-refractivity contribution < 1.29 is 4.39 Å². The molecule has 1 aliphatic heterocycles. The van der Waals surface area contributed by atoms with Gasteiger partial charge in [0, 0.05) is 11.8 Å². The lowest BCUT2D eigenvalue weighted by molar-refractivity contribution is 0.407. The van der Waals surface area contributed by atoms with Gasteiger partial charge in [-0.25, -0.2) is 9.38 Å². The number of hydrogen-bond donors (Lipinski definition) is 3. The minimum Gasteiger partial charge on any atom is -0.384 e. The maximum atomic E-state index is 13.0. The summed E-state index contributed by atoms with van der Waals surface area (Å²) in [5.41, 5.74) is 12.0. The summed E-state index contributed by atoms with van der Waals surface area (Å²) in [6.07, 6.45) is 3.18. The van der Waals surface area contributed by atoms with Gasteiger partial charge in [0.25, 0.3) is 0 Å². The molecular weight excluding hydrogens is 195 g/mol. The molecule has 1 heterocycles. The van der Waals surface area contributed by atoms with E-state index in [0.717, 1.165) is 0 Å². The standard InChI is InChI=1S/C10H11FN4/c11-8-3-1-2-7(6-8)10(13)14-5-4-9(12)15-10/h1-6,14H,13H2,(H2,12,15). The van der Waals surface area contributed by atoms with Crippen LogP contribution in [0, 0.1) is 5.82 Å². The topological polar surface area (TPSA) is 76.4 Å². The van der Waals surface area contributed by atoms with Gasteiger partial charge >= 0.3 is 0 Å². The van der Waals surface area contributed by atoms with Gasteiger partial charge in [0.2, 0.25) is 5.79 Å². The molecule has 0 amide bonds. The molecular formula is C10H11FN4. The van der Waals surface area contributed by atoms with Gasteiger partial charge in [-0.1, -0.05) is 12.1 Å². The predicted molar refractivity (Wildman–Crippen MR) is 56.2 cm³/mol. The van der Waals surface area contributed by atoms with Crippen LogP contribution in [0.25, 0.3) is 0 Å². The summed E-state index contributed by atoms with van der Waals surface area (Å²) in [6.45, 7) is 0. The van der Waals surface area contributed by atoms with Gasteiger partial charge in [-0.2, -0.15) is 0 Å². The van der Waals surface area contributed by atoms with Crippen LogP contribution in [0.5, 0.6) is 0 Å². The van der Waals surface area contributed by atoms with E-state index in [-0.39, 0.29) is 5.82 Å². The Kier molecular flexibility index (Phi) is 2.17. The van der Waals surface area contributed by atoms with Gasteiger partial charge in [0.05, 0.1) is 0 Å². The van der Waals surface area contributed by atoms with Crippen molar-refractivity contribution in [2.45, 2.75) is 5.79 Å². The number of nitrogens with zero attached hydrogens (tertiary/aromatic N) is 1. The van der Waals surface area contributed by atoms with Crippen LogP contribution in [0.1, 0.15) is 5.56 Å². The van der Waals surface area contributed by atoms with Crippen LogP contribution in [0.3, 0.4) is 0 Å². The largest absolute Gasteiger partial charge is 0.384 e. The van der Waals surface area contributed by atoms with Crippen LogP contribution >= 0.6 is 0 Å². The SMILES string of the molecule is NC1=NC(N)(c2cccc(F)c2)NC=C1. The molecule has 5 heteroatoms. The Labute approximate surface area is 86.5 Å². The maximum absolute atomic E-state index is 13.0. The fourth-order valence-corrected chi connectivity index (χ4v) is 1.40. The Morgan fingerprint density at radius 1 is 1.40 bits per heavy atom. The third-order valence-electron chi connectivity index (χ3n) is 2.13. The molecule has 1 aromatic carbocycles. The van der Waals surface area contributed by atoms with E-state index in [1.54, 1.807) is 24.4 Å². The highest BCUT2D eigenvalue weighted by Gasteiger charge is 2.27. The van der Waals surface area contributed by atoms with Gasteiger partial charge in [-0.05, 0) is 18.2 Å². The van der Waals surface area contributed by atoms with Crippen molar-refractivity contribution in [3.63, 3.8) is 0 Å². The van der Waals surface area contributed by atoms with E-state index in [4.69, 9.17) is 11.5 Å². The highest BCUT2D eigenvalue weighted by atomic mass is 19.1. The first-order chi connectivity index (χ1) is 7.10. The van der Waals surface area contributed by atoms with Crippen LogP contribution in [0.2, 0.25) is 0 Å². The van der Waals surface area contributed by atoms with Crippen molar-refractivity contribution in [2.75, 3.05) is 0 Å². The quantitative estimate of drug-likeness (QED) is 0.621. The number of halogens is 1. The molecule has 5 N–H and O–H groups in total. The number of hydrogen-bond acceptors (Lipinski definition) is 4. The molecule has 15 heavy (non-hydrogen) atoms. The van der Waals surface area contributed by atoms with Crippen LogP contribution in [0.15, 0.2) is 41.5 Å². The second-order valence-electron chi connectivity index (χ2n) is 3.29. The van der Waals surface area contributed by atoms with Crippen LogP contribution in [-0.2, 0) is 5.79 Å². The van der Waals surface area contributed by atoms with Gasteiger partial charge in [0.15, 0.2) is 0 Å². The molecule has 1 aromatic rings. The molecule has 1 atom stereocenters. The number of nitrogens with one attached hydrogen (secondary N) is 1. The fourth-order valence-electron chi connectivity index (χ4n) is 1.40. The van der Waals surface area contributed by atoms with Gasteiger partial charge in [0.1, 0.15) is 11.7 Å². The monoisotopic (exact) mass is 206 g/mol. The average Bonchev–Trinajstić information content (AvgIpc) is 2.17. The van der Waals surface area contributed by atoms with E-state index in [0.29, 0.717) is 11.4 Å². The van der Waals surface area contributed by atoms with E-state index in [2.05, 4.69) is 10.3 Å². The zero-order chi connectivity index (χ0) is 10.9. The third-order valence-corrected chi connectivity index (χ3v) is 2.13. The van der Waals surface area contributed by atoms with Crippen molar-refractivity contribution in [1.29, 1.82) is 0 Å². The van der Waals surface area contributed by atoms with Crippen molar-refractivity contribution >= 4 is 5.84 Å². The minimum absolute atomic E-state index is 0.306. The highest BCUT2D eigenvalue weighted by molar-refractivity contribution is 5.92. The molecule has 0 fully saturated rings. The lowest BCUT2D eigenvalue weighted by Crippen LogP contribution is -2.49. The minimum atomic E-state index is -1.18. The molecule has 0 saturated carbocycles. The average molecular weight is 206 g/mol. The highest BCUT2D eigenvalue weighted by Crippen LogP contribution is 2.19. The molecule has 1 aliphatic rings. The summed E-state index contributed by atoms with van der Waals surface area (Å²) in [5, 5.41) is 2.83.